The van der Waals surface area contributed by atoms with Gasteiger partial charge in [-0.15, -0.1) is 0 Å². The van der Waals surface area contributed by atoms with Crippen LogP contribution in [0.1, 0.15) is 6.42 Å². The van der Waals surface area contributed by atoms with Crippen molar-refractivity contribution in [2.24, 2.45) is 0 Å². The standard InChI is InChI=1S/C16H22N2O6S/c1-22-12-16(19)17-5-7-18(8-6-17)25(20,21)13-3-4-14-15(11-13)24-10-2-9-23-14/h3-4,11H,2,5-10,12H2,1H3. The van der Waals surface area contributed by atoms with Gasteiger partial charge in [-0.25, -0.2) is 8.42 Å². The third kappa shape index (κ3) is 3.88. The molecular weight excluding hydrogens is 348 g/mol. The maximum Gasteiger partial charge on any atom is 0.248 e. The molecule has 0 aliphatic carbocycles. The molecule has 3 rings (SSSR count). The molecule has 138 valence electrons. The highest BCUT2D eigenvalue weighted by Gasteiger charge is 2.30. The Morgan fingerprint density at radius 1 is 1.12 bits per heavy atom. The molecule has 1 amide bonds. The molecule has 9 heteroatoms. The lowest BCUT2D eigenvalue weighted by Crippen LogP contribution is -2.51. The monoisotopic (exact) mass is 370 g/mol. The van der Waals surface area contributed by atoms with Crippen molar-refractivity contribution in [1.29, 1.82) is 0 Å². The van der Waals surface area contributed by atoms with E-state index in [1.165, 1.54) is 23.5 Å². The van der Waals surface area contributed by atoms with Gasteiger partial charge in [-0.2, -0.15) is 4.31 Å². The van der Waals surface area contributed by atoms with Gasteiger partial charge in [0.2, 0.25) is 15.9 Å². The van der Waals surface area contributed by atoms with Gasteiger partial charge in [0.05, 0.1) is 18.1 Å². The molecule has 8 nitrogen and oxygen atoms in total. The molecule has 0 saturated carbocycles. The van der Waals surface area contributed by atoms with E-state index in [1.54, 1.807) is 11.0 Å². The fourth-order valence-corrected chi connectivity index (χ4v) is 4.28. The number of sulfonamides is 1. The first-order chi connectivity index (χ1) is 12.0. The normalized spacial score (nSPS) is 18.7. The Morgan fingerprint density at radius 2 is 1.80 bits per heavy atom. The van der Waals surface area contributed by atoms with E-state index in [1.807, 2.05) is 0 Å². The number of amides is 1. The van der Waals surface area contributed by atoms with E-state index < -0.39 is 10.0 Å². The minimum Gasteiger partial charge on any atom is -0.490 e. The van der Waals surface area contributed by atoms with Crippen molar-refractivity contribution in [2.75, 3.05) is 53.1 Å². The number of benzene rings is 1. The largest absolute Gasteiger partial charge is 0.490 e. The molecule has 0 bridgehead atoms. The Balaban J connectivity index is 1.72. The molecule has 1 aromatic rings. The average molecular weight is 370 g/mol. The molecule has 2 aliphatic rings. The van der Waals surface area contributed by atoms with Crippen molar-refractivity contribution in [2.45, 2.75) is 11.3 Å². The number of hydrogen-bond acceptors (Lipinski definition) is 6. The topological polar surface area (TPSA) is 85.4 Å². The Hall–Kier alpha value is -1.84. The summed E-state index contributed by atoms with van der Waals surface area (Å²) in [5.74, 6) is 0.883. The van der Waals surface area contributed by atoms with Crippen LogP contribution in [0.4, 0.5) is 0 Å². The van der Waals surface area contributed by atoms with Gasteiger partial charge < -0.3 is 19.1 Å². The number of nitrogens with zero attached hydrogens (tertiary/aromatic N) is 2. The molecule has 1 aromatic carbocycles. The first-order valence-corrected chi connectivity index (χ1v) is 9.63. The van der Waals surface area contributed by atoms with E-state index in [0.29, 0.717) is 37.8 Å². The lowest BCUT2D eigenvalue weighted by molar-refractivity contribution is -0.136. The van der Waals surface area contributed by atoms with Gasteiger partial charge in [0.25, 0.3) is 0 Å². The number of ether oxygens (including phenoxy) is 3. The Morgan fingerprint density at radius 3 is 2.48 bits per heavy atom. The number of methoxy groups -OCH3 is 1. The van der Waals surface area contributed by atoms with Crippen molar-refractivity contribution in [1.82, 2.24) is 9.21 Å². The Labute approximate surface area is 147 Å². The van der Waals surface area contributed by atoms with Gasteiger partial charge in [0.15, 0.2) is 11.5 Å². The zero-order valence-corrected chi connectivity index (χ0v) is 15.0. The second kappa shape index (κ2) is 7.59. The molecule has 0 atom stereocenters. The number of hydrogen-bond donors (Lipinski definition) is 0. The smallest absolute Gasteiger partial charge is 0.248 e. The van der Waals surface area contributed by atoms with Gasteiger partial charge in [0.1, 0.15) is 6.61 Å². The highest BCUT2D eigenvalue weighted by molar-refractivity contribution is 7.89. The predicted octanol–water partition coefficient (Wildman–Crippen LogP) is 0.327. The average Bonchev–Trinajstić information content (AvgIpc) is 2.86. The molecule has 0 radical (unpaired) electrons. The molecule has 2 heterocycles. The SMILES string of the molecule is COCC(=O)N1CCN(S(=O)(=O)c2ccc3c(c2)OCCCO3)CC1. The number of piperazine rings is 1. The lowest BCUT2D eigenvalue weighted by atomic mass is 10.3. The van der Waals surface area contributed by atoms with Crippen LogP contribution in [0.15, 0.2) is 23.1 Å². The van der Waals surface area contributed by atoms with Crippen molar-refractivity contribution < 1.29 is 27.4 Å². The van der Waals surface area contributed by atoms with Crippen molar-refractivity contribution >= 4 is 15.9 Å². The van der Waals surface area contributed by atoms with Crippen LogP contribution in [-0.4, -0.2) is 76.6 Å². The summed E-state index contributed by atoms with van der Waals surface area (Å²) in [7, 11) is -2.18. The third-order valence-electron chi connectivity index (χ3n) is 4.22. The van der Waals surface area contributed by atoms with Crippen LogP contribution in [0.5, 0.6) is 11.5 Å². The third-order valence-corrected chi connectivity index (χ3v) is 6.11. The van der Waals surface area contributed by atoms with E-state index >= 15 is 0 Å². The van der Waals surface area contributed by atoms with Gasteiger partial charge in [-0.05, 0) is 12.1 Å². The summed E-state index contributed by atoms with van der Waals surface area (Å²) in [5, 5.41) is 0. The first-order valence-electron chi connectivity index (χ1n) is 8.19. The van der Waals surface area contributed by atoms with Gasteiger partial charge in [-0.1, -0.05) is 0 Å². The summed E-state index contributed by atoms with van der Waals surface area (Å²) in [6, 6.07) is 4.68. The fourth-order valence-electron chi connectivity index (χ4n) is 2.85. The minimum atomic E-state index is -3.64. The van der Waals surface area contributed by atoms with E-state index in [9.17, 15) is 13.2 Å². The zero-order chi connectivity index (χ0) is 17.9. The predicted molar refractivity (Wildman–Crippen MR) is 89.3 cm³/mol. The summed E-state index contributed by atoms with van der Waals surface area (Å²) >= 11 is 0. The van der Waals surface area contributed by atoms with E-state index in [-0.39, 0.29) is 30.5 Å². The van der Waals surface area contributed by atoms with Crippen LogP contribution in [0.2, 0.25) is 0 Å². The number of rotatable bonds is 4. The van der Waals surface area contributed by atoms with E-state index in [0.717, 1.165) is 6.42 Å². The fraction of sp³-hybridized carbons (Fsp3) is 0.562. The van der Waals surface area contributed by atoms with Crippen LogP contribution < -0.4 is 9.47 Å². The molecule has 25 heavy (non-hydrogen) atoms. The molecule has 0 N–H and O–H groups in total. The second-order valence-corrected chi connectivity index (χ2v) is 7.81. The van der Waals surface area contributed by atoms with Crippen LogP contribution in [0.25, 0.3) is 0 Å². The van der Waals surface area contributed by atoms with Crippen LogP contribution in [-0.2, 0) is 19.6 Å². The second-order valence-electron chi connectivity index (χ2n) is 5.88. The van der Waals surface area contributed by atoms with Gasteiger partial charge in [0, 0.05) is 45.8 Å². The van der Waals surface area contributed by atoms with Crippen LogP contribution in [0, 0.1) is 0 Å². The number of fused-ring (bicyclic) bond motifs is 1. The number of carbonyl (C=O) groups is 1. The molecule has 0 unspecified atom stereocenters. The Bertz CT molecular complexity index is 728. The maximum absolute atomic E-state index is 12.9. The van der Waals surface area contributed by atoms with Crippen molar-refractivity contribution in [3.05, 3.63) is 18.2 Å². The lowest BCUT2D eigenvalue weighted by Gasteiger charge is -2.34. The quantitative estimate of drug-likeness (QED) is 0.759. The van der Waals surface area contributed by atoms with Crippen molar-refractivity contribution in [3.8, 4) is 11.5 Å². The minimum absolute atomic E-state index is 0.00884. The first kappa shape index (κ1) is 18.0. The van der Waals surface area contributed by atoms with Crippen molar-refractivity contribution in [3.63, 3.8) is 0 Å². The molecular formula is C16H22N2O6S. The number of carbonyl (C=O) groups excluding carboxylic acids is 1. The molecule has 2 aliphatic heterocycles. The van der Waals surface area contributed by atoms with E-state index in [4.69, 9.17) is 14.2 Å². The summed E-state index contributed by atoms with van der Waals surface area (Å²) in [4.78, 5) is 13.6. The highest BCUT2D eigenvalue weighted by atomic mass is 32.2. The van der Waals surface area contributed by atoms with Crippen LogP contribution >= 0.6 is 0 Å². The molecule has 0 spiro atoms. The summed E-state index contributed by atoms with van der Waals surface area (Å²) in [6.45, 7) is 2.28. The summed E-state index contributed by atoms with van der Waals surface area (Å²) in [5.41, 5.74) is 0. The summed E-state index contributed by atoms with van der Waals surface area (Å²) < 4.78 is 43.1. The molecule has 0 aromatic heterocycles. The Kier molecular flexibility index (Phi) is 5.45. The van der Waals surface area contributed by atoms with E-state index in [2.05, 4.69) is 0 Å². The summed E-state index contributed by atoms with van der Waals surface area (Å²) in [6.07, 6.45) is 0.758. The highest BCUT2D eigenvalue weighted by Crippen LogP contribution is 2.33. The zero-order valence-electron chi connectivity index (χ0n) is 14.1. The van der Waals surface area contributed by atoms with Gasteiger partial charge in [-0.3, -0.25) is 4.79 Å². The van der Waals surface area contributed by atoms with Gasteiger partial charge >= 0.3 is 0 Å². The molecule has 1 saturated heterocycles. The maximum atomic E-state index is 12.9. The van der Waals surface area contributed by atoms with Crippen LogP contribution in [0.3, 0.4) is 0 Å². The molecule has 1 fully saturated rings.